The number of hydrogen-bond acceptors (Lipinski definition) is 3. The molecule has 1 aromatic carbocycles. The van der Waals surface area contributed by atoms with E-state index in [1.54, 1.807) is 24.5 Å². The number of rotatable bonds is 7. The summed E-state index contributed by atoms with van der Waals surface area (Å²) in [5.41, 5.74) is 2.15. The Hall–Kier alpha value is -2.17. The van der Waals surface area contributed by atoms with Crippen LogP contribution >= 0.6 is 11.6 Å². The van der Waals surface area contributed by atoms with Crippen molar-refractivity contribution in [2.75, 3.05) is 19.6 Å². The van der Waals surface area contributed by atoms with E-state index in [1.165, 1.54) is 5.56 Å². The molecular formula is C22H24ClN3O. The molecular weight excluding hydrogens is 358 g/mol. The first-order chi connectivity index (χ1) is 13.2. The van der Waals surface area contributed by atoms with E-state index in [9.17, 15) is 4.79 Å². The van der Waals surface area contributed by atoms with Crippen molar-refractivity contribution in [1.29, 1.82) is 0 Å². The van der Waals surface area contributed by atoms with Crippen LogP contribution in [0.2, 0.25) is 5.02 Å². The standard InChI is InChI=1S/C22H24ClN3O/c23-21-6-2-1-5-17(21)13-26-14-19-18(20(19)15-26)9-11-25-22(27)8-7-16-4-3-10-24-12-16/h1-8,10,12,18-20H,9,11,13-15H2,(H,25,27)/b8-7+. The van der Waals surface area contributed by atoms with Gasteiger partial charge in [-0.15, -0.1) is 0 Å². The van der Waals surface area contributed by atoms with Crippen LogP contribution in [0.4, 0.5) is 0 Å². The highest BCUT2D eigenvalue weighted by molar-refractivity contribution is 6.31. The lowest BCUT2D eigenvalue weighted by molar-refractivity contribution is -0.116. The Morgan fingerprint density at radius 2 is 2.04 bits per heavy atom. The highest BCUT2D eigenvalue weighted by Crippen LogP contribution is 2.53. The number of halogens is 1. The van der Waals surface area contributed by atoms with Gasteiger partial charge in [-0.1, -0.05) is 35.9 Å². The van der Waals surface area contributed by atoms with Crippen LogP contribution in [0.15, 0.2) is 54.9 Å². The van der Waals surface area contributed by atoms with E-state index in [0.717, 1.165) is 60.9 Å². The molecule has 27 heavy (non-hydrogen) atoms. The number of carbonyl (C=O) groups is 1. The van der Waals surface area contributed by atoms with Gasteiger partial charge < -0.3 is 5.32 Å². The molecule has 1 aromatic heterocycles. The molecule has 2 atom stereocenters. The normalized spacial score (nSPS) is 24.1. The van der Waals surface area contributed by atoms with Crippen molar-refractivity contribution < 1.29 is 4.79 Å². The molecule has 1 aliphatic carbocycles. The van der Waals surface area contributed by atoms with Crippen molar-refractivity contribution in [3.63, 3.8) is 0 Å². The molecule has 0 bridgehead atoms. The van der Waals surface area contributed by atoms with Crippen molar-refractivity contribution in [2.45, 2.75) is 13.0 Å². The molecule has 140 valence electrons. The molecule has 2 aliphatic rings. The van der Waals surface area contributed by atoms with Gasteiger partial charge in [-0.05, 0) is 53.5 Å². The first-order valence-corrected chi connectivity index (χ1v) is 9.90. The predicted molar refractivity (Wildman–Crippen MR) is 108 cm³/mol. The maximum absolute atomic E-state index is 11.9. The van der Waals surface area contributed by atoms with E-state index in [2.05, 4.69) is 21.3 Å². The fourth-order valence-electron chi connectivity index (χ4n) is 4.23. The fraction of sp³-hybridized carbons (Fsp3) is 0.364. The number of pyridine rings is 1. The quantitative estimate of drug-likeness (QED) is 0.745. The fourth-order valence-corrected chi connectivity index (χ4v) is 4.42. The van der Waals surface area contributed by atoms with Crippen molar-refractivity contribution >= 4 is 23.6 Å². The van der Waals surface area contributed by atoms with Gasteiger partial charge in [-0.25, -0.2) is 0 Å². The van der Waals surface area contributed by atoms with E-state index < -0.39 is 0 Å². The number of piperidine rings is 1. The van der Waals surface area contributed by atoms with Crippen LogP contribution < -0.4 is 5.32 Å². The second kappa shape index (κ2) is 8.24. The van der Waals surface area contributed by atoms with Crippen LogP contribution in [0.3, 0.4) is 0 Å². The van der Waals surface area contributed by atoms with Gasteiger partial charge in [-0.2, -0.15) is 0 Å². The molecule has 2 aromatic rings. The summed E-state index contributed by atoms with van der Waals surface area (Å²) in [7, 11) is 0. The number of likely N-dealkylation sites (tertiary alicyclic amines) is 1. The zero-order chi connectivity index (χ0) is 18.6. The Kier molecular flexibility index (Phi) is 5.55. The van der Waals surface area contributed by atoms with E-state index in [-0.39, 0.29) is 5.91 Å². The topological polar surface area (TPSA) is 45.2 Å². The SMILES string of the molecule is O=C(/C=C/c1cccnc1)NCCC1C2CN(Cc3ccccc3Cl)CC12. The van der Waals surface area contributed by atoms with Gasteiger partial charge in [0.2, 0.25) is 5.91 Å². The van der Waals surface area contributed by atoms with E-state index in [4.69, 9.17) is 11.6 Å². The summed E-state index contributed by atoms with van der Waals surface area (Å²) in [4.78, 5) is 18.4. The number of amides is 1. The van der Waals surface area contributed by atoms with Crippen molar-refractivity contribution in [2.24, 2.45) is 17.8 Å². The molecule has 1 amide bonds. The molecule has 1 saturated carbocycles. The Bertz CT molecular complexity index is 811. The Labute approximate surface area is 165 Å². The van der Waals surface area contributed by atoms with Gasteiger partial charge in [0, 0.05) is 49.7 Å². The summed E-state index contributed by atoms with van der Waals surface area (Å²) >= 11 is 6.27. The highest BCUT2D eigenvalue weighted by atomic mass is 35.5. The van der Waals surface area contributed by atoms with Crippen LogP contribution in [-0.2, 0) is 11.3 Å². The lowest BCUT2D eigenvalue weighted by Gasteiger charge is -2.20. The second-order valence-electron chi connectivity index (χ2n) is 7.48. The maximum atomic E-state index is 11.9. The number of nitrogens with zero attached hydrogens (tertiary/aromatic N) is 2. The summed E-state index contributed by atoms with van der Waals surface area (Å²) in [6.45, 7) is 3.98. The molecule has 4 rings (SSSR count). The van der Waals surface area contributed by atoms with Gasteiger partial charge in [0.15, 0.2) is 0 Å². The molecule has 1 N–H and O–H groups in total. The van der Waals surface area contributed by atoms with Gasteiger partial charge >= 0.3 is 0 Å². The first kappa shape index (κ1) is 18.2. The zero-order valence-electron chi connectivity index (χ0n) is 15.2. The number of hydrogen-bond donors (Lipinski definition) is 1. The average Bonchev–Trinajstić information content (AvgIpc) is 3.13. The minimum Gasteiger partial charge on any atom is -0.353 e. The van der Waals surface area contributed by atoms with Gasteiger partial charge in [0.25, 0.3) is 0 Å². The molecule has 1 saturated heterocycles. The molecule has 2 fully saturated rings. The molecule has 4 nitrogen and oxygen atoms in total. The van der Waals surface area contributed by atoms with Crippen LogP contribution in [0.1, 0.15) is 17.5 Å². The Morgan fingerprint density at radius 1 is 1.22 bits per heavy atom. The number of benzene rings is 1. The highest BCUT2D eigenvalue weighted by Gasteiger charge is 2.54. The van der Waals surface area contributed by atoms with Crippen LogP contribution in [-0.4, -0.2) is 35.4 Å². The van der Waals surface area contributed by atoms with Crippen LogP contribution in [0.5, 0.6) is 0 Å². The van der Waals surface area contributed by atoms with Crippen molar-refractivity contribution in [3.05, 3.63) is 71.0 Å². The zero-order valence-corrected chi connectivity index (χ0v) is 16.0. The molecule has 2 heterocycles. The number of aromatic nitrogens is 1. The lowest BCUT2D eigenvalue weighted by atomic mass is 10.1. The number of carbonyl (C=O) groups excluding carboxylic acids is 1. The van der Waals surface area contributed by atoms with Crippen molar-refractivity contribution in [3.8, 4) is 0 Å². The molecule has 5 heteroatoms. The Morgan fingerprint density at radius 3 is 2.78 bits per heavy atom. The average molecular weight is 382 g/mol. The molecule has 0 spiro atoms. The summed E-state index contributed by atoms with van der Waals surface area (Å²) in [6, 6.07) is 11.9. The summed E-state index contributed by atoms with van der Waals surface area (Å²) < 4.78 is 0. The van der Waals surface area contributed by atoms with E-state index in [1.807, 2.05) is 30.3 Å². The van der Waals surface area contributed by atoms with E-state index >= 15 is 0 Å². The second-order valence-corrected chi connectivity index (χ2v) is 7.88. The number of fused-ring (bicyclic) bond motifs is 1. The minimum absolute atomic E-state index is 0.0370. The van der Waals surface area contributed by atoms with Crippen LogP contribution in [0, 0.1) is 17.8 Å². The third-order valence-corrected chi connectivity index (χ3v) is 6.06. The first-order valence-electron chi connectivity index (χ1n) is 9.52. The molecule has 0 radical (unpaired) electrons. The third kappa shape index (κ3) is 4.57. The van der Waals surface area contributed by atoms with E-state index in [0.29, 0.717) is 0 Å². The third-order valence-electron chi connectivity index (χ3n) is 5.69. The Balaban J connectivity index is 1.15. The van der Waals surface area contributed by atoms with Gasteiger partial charge in [-0.3, -0.25) is 14.7 Å². The minimum atomic E-state index is -0.0370. The van der Waals surface area contributed by atoms with Gasteiger partial charge in [0.05, 0.1) is 0 Å². The monoisotopic (exact) mass is 381 g/mol. The predicted octanol–water partition coefficient (Wildman–Crippen LogP) is 3.63. The summed E-state index contributed by atoms with van der Waals surface area (Å²) in [5.74, 6) is 2.30. The molecule has 2 unspecified atom stereocenters. The lowest BCUT2D eigenvalue weighted by Crippen LogP contribution is -2.26. The smallest absolute Gasteiger partial charge is 0.244 e. The van der Waals surface area contributed by atoms with Crippen molar-refractivity contribution in [1.82, 2.24) is 15.2 Å². The summed E-state index contributed by atoms with van der Waals surface area (Å²) in [5, 5.41) is 3.85. The van der Waals surface area contributed by atoms with Crippen LogP contribution in [0.25, 0.3) is 6.08 Å². The summed E-state index contributed by atoms with van der Waals surface area (Å²) in [6.07, 6.45) is 7.90. The number of nitrogens with one attached hydrogen (secondary N) is 1. The van der Waals surface area contributed by atoms with Gasteiger partial charge in [0.1, 0.15) is 0 Å². The maximum Gasteiger partial charge on any atom is 0.244 e. The largest absolute Gasteiger partial charge is 0.353 e. The molecule has 1 aliphatic heterocycles.